The molecule has 0 spiro atoms. The van der Waals surface area contributed by atoms with Crippen LogP contribution in [0.3, 0.4) is 0 Å². The number of allylic oxidation sites excluding steroid dienone is 2. The van der Waals surface area contributed by atoms with Crippen LogP contribution in [0.25, 0.3) is 0 Å². The van der Waals surface area contributed by atoms with Crippen LogP contribution in [0.4, 0.5) is 0 Å². The molecule has 0 saturated carbocycles. The molecule has 10 heavy (non-hydrogen) atoms. The van der Waals surface area contributed by atoms with Crippen LogP contribution in [0.2, 0.25) is 0 Å². The highest BCUT2D eigenvalue weighted by atomic mass is 35.5. The molecule has 2 atom stereocenters. The highest BCUT2D eigenvalue weighted by Crippen LogP contribution is 2.32. The van der Waals surface area contributed by atoms with Gasteiger partial charge in [0.1, 0.15) is 5.76 Å². The number of aliphatic hydroxyl groups excluding tert-OH is 1. The van der Waals surface area contributed by atoms with E-state index in [0.717, 1.165) is 0 Å². The third-order valence-corrected chi connectivity index (χ3v) is 2.89. The second-order valence-electron chi connectivity index (χ2n) is 2.29. The lowest BCUT2D eigenvalue weighted by molar-refractivity contribution is 0.368. The number of alkyl halides is 2. The molecule has 1 nitrogen and oxygen atoms in total. The Kier molecular flexibility index (Phi) is 2.73. The van der Waals surface area contributed by atoms with Gasteiger partial charge in [-0.25, -0.2) is 0 Å². The van der Waals surface area contributed by atoms with Gasteiger partial charge in [0, 0.05) is 12.8 Å². The van der Waals surface area contributed by atoms with Crippen molar-refractivity contribution in [3.63, 3.8) is 0 Å². The third-order valence-electron chi connectivity index (χ3n) is 1.47. The lowest BCUT2D eigenvalue weighted by atomic mass is 10.1. The molecule has 0 fully saturated rings. The monoisotopic (exact) mass is 200 g/mol. The summed E-state index contributed by atoms with van der Waals surface area (Å²) in [7, 11) is 0. The van der Waals surface area contributed by atoms with Crippen molar-refractivity contribution < 1.29 is 5.11 Å². The maximum atomic E-state index is 9.07. The second-order valence-corrected chi connectivity index (χ2v) is 3.87. The van der Waals surface area contributed by atoms with E-state index < -0.39 is 0 Å². The molecule has 0 heterocycles. The first-order valence-electron chi connectivity index (χ1n) is 2.96. The van der Waals surface area contributed by atoms with Gasteiger partial charge < -0.3 is 5.11 Å². The molecular weight excluding hydrogens is 194 g/mol. The summed E-state index contributed by atoms with van der Waals surface area (Å²) in [5.74, 6) is 0.179. The van der Waals surface area contributed by atoms with Gasteiger partial charge in [0.25, 0.3) is 0 Å². The molecule has 0 aromatic rings. The molecule has 0 aromatic heterocycles. The number of hydrogen-bond donors (Lipinski definition) is 1. The summed E-state index contributed by atoms with van der Waals surface area (Å²) in [6.45, 7) is 0. The van der Waals surface area contributed by atoms with Crippen molar-refractivity contribution in [1.82, 2.24) is 0 Å². The molecule has 1 aliphatic rings. The summed E-state index contributed by atoms with van der Waals surface area (Å²) in [6.07, 6.45) is 0.859. The van der Waals surface area contributed by atoms with Crippen molar-refractivity contribution in [3.05, 3.63) is 10.8 Å². The lowest BCUT2D eigenvalue weighted by Crippen LogP contribution is -2.20. The summed E-state index contributed by atoms with van der Waals surface area (Å²) in [4.78, 5) is 0. The molecule has 1 rings (SSSR count). The summed E-state index contributed by atoms with van der Waals surface area (Å²) in [6, 6.07) is 0. The zero-order valence-corrected chi connectivity index (χ0v) is 7.42. The van der Waals surface area contributed by atoms with Crippen molar-refractivity contribution in [1.29, 1.82) is 0 Å². The minimum atomic E-state index is -0.191. The Balaban J connectivity index is 2.69. The van der Waals surface area contributed by atoms with Crippen LogP contribution in [-0.2, 0) is 0 Å². The van der Waals surface area contributed by atoms with Crippen LogP contribution in [-0.4, -0.2) is 15.9 Å². The van der Waals surface area contributed by atoms with Crippen LogP contribution in [0.5, 0.6) is 0 Å². The van der Waals surface area contributed by atoms with Crippen molar-refractivity contribution in [2.45, 2.75) is 23.6 Å². The number of rotatable bonds is 0. The number of halogens is 3. The van der Waals surface area contributed by atoms with E-state index in [-0.39, 0.29) is 16.5 Å². The first kappa shape index (κ1) is 8.51. The van der Waals surface area contributed by atoms with E-state index in [1.54, 1.807) is 0 Å². The van der Waals surface area contributed by atoms with Crippen molar-refractivity contribution in [2.75, 3.05) is 0 Å². The Bertz CT molecular complexity index is 148. The minimum absolute atomic E-state index is 0.148. The standard InChI is InChI=1S/C6H7Cl3O/c7-3-1-5(9)6(10)2-4(3)8/h3-4,10H,1-2H2. The normalized spacial score (nSPS) is 34.7. The predicted octanol–water partition coefficient (Wildman–Crippen LogP) is 3.00. The van der Waals surface area contributed by atoms with Crippen LogP contribution in [0.15, 0.2) is 10.8 Å². The van der Waals surface area contributed by atoms with Gasteiger partial charge in [0.2, 0.25) is 0 Å². The smallest absolute Gasteiger partial charge is 0.108 e. The highest BCUT2D eigenvalue weighted by Gasteiger charge is 2.25. The first-order valence-corrected chi connectivity index (χ1v) is 4.21. The zero-order valence-electron chi connectivity index (χ0n) is 5.15. The fraction of sp³-hybridized carbons (Fsp3) is 0.667. The zero-order chi connectivity index (χ0) is 7.72. The molecule has 0 bridgehead atoms. The van der Waals surface area contributed by atoms with E-state index in [2.05, 4.69) is 0 Å². The Labute approximate surface area is 74.6 Å². The van der Waals surface area contributed by atoms with Gasteiger partial charge in [0.15, 0.2) is 0 Å². The molecule has 0 aliphatic heterocycles. The van der Waals surface area contributed by atoms with E-state index in [0.29, 0.717) is 17.9 Å². The molecule has 0 saturated heterocycles. The lowest BCUT2D eigenvalue weighted by Gasteiger charge is -2.21. The molecule has 58 valence electrons. The van der Waals surface area contributed by atoms with Gasteiger partial charge >= 0.3 is 0 Å². The van der Waals surface area contributed by atoms with E-state index in [9.17, 15) is 0 Å². The summed E-state index contributed by atoms with van der Waals surface area (Å²) >= 11 is 17.1. The molecule has 4 heteroatoms. The highest BCUT2D eigenvalue weighted by molar-refractivity contribution is 6.34. The van der Waals surface area contributed by atoms with E-state index >= 15 is 0 Å². The van der Waals surface area contributed by atoms with Gasteiger partial charge in [-0.05, 0) is 0 Å². The molecular formula is C6H7Cl3O. The third kappa shape index (κ3) is 1.71. The maximum Gasteiger partial charge on any atom is 0.108 e. The SMILES string of the molecule is OC1=C(Cl)CC(Cl)C(Cl)C1. The Morgan fingerprint density at radius 2 is 1.70 bits per heavy atom. The van der Waals surface area contributed by atoms with Gasteiger partial charge in [-0.1, -0.05) is 11.6 Å². The summed E-state index contributed by atoms with van der Waals surface area (Å²) in [5, 5.41) is 9.17. The van der Waals surface area contributed by atoms with Crippen LogP contribution >= 0.6 is 34.8 Å². The molecule has 0 radical (unpaired) electrons. The van der Waals surface area contributed by atoms with Gasteiger partial charge in [-0.15, -0.1) is 23.2 Å². The summed E-state index contributed by atoms with van der Waals surface area (Å²) in [5.41, 5.74) is 0. The molecule has 2 unspecified atom stereocenters. The van der Waals surface area contributed by atoms with Gasteiger partial charge in [0.05, 0.1) is 15.8 Å². The van der Waals surface area contributed by atoms with Crippen LogP contribution in [0.1, 0.15) is 12.8 Å². The van der Waals surface area contributed by atoms with Gasteiger partial charge in [-0.2, -0.15) is 0 Å². The fourth-order valence-corrected chi connectivity index (χ4v) is 1.64. The average Bonchev–Trinajstić information content (AvgIpc) is 1.84. The summed E-state index contributed by atoms with van der Waals surface area (Å²) < 4.78 is 0. The minimum Gasteiger partial charge on any atom is -0.511 e. The number of aliphatic hydroxyl groups is 1. The Morgan fingerprint density at radius 1 is 1.20 bits per heavy atom. The first-order chi connectivity index (χ1) is 4.61. The van der Waals surface area contributed by atoms with Crippen LogP contribution < -0.4 is 0 Å². The van der Waals surface area contributed by atoms with E-state index in [4.69, 9.17) is 39.9 Å². The molecule has 1 aliphatic carbocycles. The number of hydrogen-bond acceptors (Lipinski definition) is 1. The topological polar surface area (TPSA) is 20.2 Å². The quantitative estimate of drug-likeness (QED) is 0.598. The van der Waals surface area contributed by atoms with Crippen molar-refractivity contribution in [3.8, 4) is 0 Å². The second kappa shape index (κ2) is 3.21. The van der Waals surface area contributed by atoms with E-state index in [1.165, 1.54) is 0 Å². The van der Waals surface area contributed by atoms with E-state index in [1.807, 2.05) is 0 Å². The Hall–Kier alpha value is 0.410. The molecule has 1 N–H and O–H groups in total. The largest absolute Gasteiger partial charge is 0.511 e. The predicted molar refractivity (Wildman–Crippen MR) is 44.0 cm³/mol. The van der Waals surface area contributed by atoms with Gasteiger partial charge in [-0.3, -0.25) is 0 Å². The fourth-order valence-electron chi connectivity index (χ4n) is 0.840. The molecule has 0 amide bonds. The van der Waals surface area contributed by atoms with Crippen molar-refractivity contribution in [2.24, 2.45) is 0 Å². The maximum absolute atomic E-state index is 9.07. The van der Waals surface area contributed by atoms with Crippen LogP contribution in [0, 0.1) is 0 Å². The Morgan fingerprint density at radius 3 is 2.20 bits per heavy atom. The van der Waals surface area contributed by atoms with Crippen molar-refractivity contribution >= 4 is 34.8 Å². The molecule has 0 aromatic carbocycles. The average molecular weight is 201 g/mol.